The van der Waals surface area contributed by atoms with Crippen LogP contribution in [0.25, 0.3) is 0 Å². The highest BCUT2D eigenvalue weighted by atomic mass is 35.5. The first kappa shape index (κ1) is 22.0. The first-order valence-corrected chi connectivity index (χ1v) is 8.25. The number of rotatable bonds is 5. The zero-order valence-corrected chi connectivity index (χ0v) is 16.0. The number of amides is 1. The number of hydrogen-bond donors (Lipinski definition) is 2. The van der Waals surface area contributed by atoms with Crippen LogP contribution in [0.15, 0.2) is 66.9 Å². The number of aromatic nitrogens is 1. The number of carbonyl (C=O) groups is 1. The second-order valence-electron chi connectivity index (χ2n) is 5.79. The molecule has 0 radical (unpaired) electrons. The number of halogens is 4. The van der Waals surface area contributed by atoms with Crippen LogP contribution in [0.5, 0.6) is 11.6 Å². The third-order valence-electron chi connectivity index (χ3n) is 3.83. The number of pyridine rings is 1. The minimum Gasteiger partial charge on any atom is -0.439 e. The van der Waals surface area contributed by atoms with E-state index in [0.717, 1.165) is 30.0 Å². The van der Waals surface area contributed by atoms with Gasteiger partial charge in [0.15, 0.2) is 0 Å². The molecule has 1 aromatic heterocycles. The fourth-order valence-electron chi connectivity index (χ4n) is 2.34. The molecule has 0 saturated heterocycles. The van der Waals surface area contributed by atoms with Crippen molar-refractivity contribution >= 4 is 29.7 Å². The lowest BCUT2D eigenvalue weighted by Crippen LogP contribution is -2.13. The average molecular weight is 424 g/mol. The van der Waals surface area contributed by atoms with E-state index in [9.17, 15) is 18.0 Å². The molecule has 0 aliphatic carbocycles. The van der Waals surface area contributed by atoms with Crippen molar-refractivity contribution < 1.29 is 22.7 Å². The highest BCUT2D eigenvalue weighted by molar-refractivity contribution is 6.04. The second-order valence-corrected chi connectivity index (χ2v) is 5.79. The van der Waals surface area contributed by atoms with Gasteiger partial charge in [0, 0.05) is 24.4 Å². The van der Waals surface area contributed by atoms with Crippen molar-refractivity contribution in [3.8, 4) is 11.6 Å². The number of carbonyl (C=O) groups excluding carboxylic acids is 1. The maximum Gasteiger partial charge on any atom is 0.416 e. The lowest BCUT2D eigenvalue weighted by atomic mass is 10.1. The van der Waals surface area contributed by atoms with E-state index in [1.165, 1.54) is 6.20 Å². The second kappa shape index (κ2) is 9.29. The molecule has 2 aromatic carbocycles. The summed E-state index contributed by atoms with van der Waals surface area (Å²) in [6, 6.07) is 14.4. The van der Waals surface area contributed by atoms with Crippen molar-refractivity contribution in [2.24, 2.45) is 0 Å². The predicted octanol–water partition coefficient (Wildman–Crippen LogP) is 5.61. The standard InChI is InChI=1S/C20H16F3N3O2.ClH/c1-24-15-6-9-17(10-7-15)28-18-11-8-16(12-25-18)26-19(27)13-2-4-14(5-3-13)20(21,22)23;/h2-12,24H,1H3,(H,26,27);1H. The summed E-state index contributed by atoms with van der Waals surface area (Å²) >= 11 is 0. The summed E-state index contributed by atoms with van der Waals surface area (Å²) < 4.78 is 43.3. The third-order valence-corrected chi connectivity index (χ3v) is 3.83. The predicted molar refractivity (Wildman–Crippen MR) is 107 cm³/mol. The van der Waals surface area contributed by atoms with E-state index in [2.05, 4.69) is 15.6 Å². The van der Waals surface area contributed by atoms with Gasteiger partial charge in [-0.05, 0) is 54.6 Å². The van der Waals surface area contributed by atoms with Crippen LogP contribution in [0, 0.1) is 0 Å². The Morgan fingerprint density at radius 3 is 2.07 bits per heavy atom. The number of anilines is 2. The molecule has 9 heteroatoms. The van der Waals surface area contributed by atoms with Crippen LogP contribution in [-0.4, -0.2) is 17.9 Å². The van der Waals surface area contributed by atoms with E-state index in [0.29, 0.717) is 17.3 Å². The number of hydrogen-bond acceptors (Lipinski definition) is 4. The first-order chi connectivity index (χ1) is 13.3. The van der Waals surface area contributed by atoms with Crippen molar-refractivity contribution in [1.29, 1.82) is 0 Å². The zero-order valence-electron chi connectivity index (χ0n) is 15.2. The van der Waals surface area contributed by atoms with E-state index in [-0.39, 0.29) is 18.0 Å². The van der Waals surface area contributed by atoms with Crippen molar-refractivity contribution in [2.45, 2.75) is 6.18 Å². The van der Waals surface area contributed by atoms with Crippen LogP contribution in [0.2, 0.25) is 0 Å². The van der Waals surface area contributed by atoms with Gasteiger partial charge in [0.25, 0.3) is 5.91 Å². The van der Waals surface area contributed by atoms with Gasteiger partial charge in [0.05, 0.1) is 17.4 Å². The molecule has 0 atom stereocenters. The molecule has 0 unspecified atom stereocenters. The summed E-state index contributed by atoms with van der Waals surface area (Å²) in [4.78, 5) is 16.3. The van der Waals surface area contributed by atoms with Crippen LogP contribution >= 0.6 is 12.4 Å². The smallest absolute Gasteiger partial charge is 0.416 e. The van der Waals surface area contributed by atoms with Gasteiger partial charge in [-0.25, -0.2) is 4.98 Å². The fraction of sp³-hybridized carbons (Fsp3) is 0.100. The largest absolute Gasteiger partial charge is 0.439 e. The van der Waals surface area contributed by atoms with Gasteiger partial charge < -0.3 is 15.4 Å². The van der Waals surface area contributed by atoms with E-state index < -0.39 is 17.6 Å². The first-order valence-electron chi connectivity index (χ1n) is 8.25. The Bertz CT molecular complexity index is 945. The Morgan fingerprint density at radius 2 is 1.55 bits per heavy atom. The van der Waals surface area contributed by atoms with Crippen molar-refractivity contribution in [3.05, 3.63) is 78.0 Å². The van der Waals surface area contributed by atoms with Gasteiger partial charge in [-0.3, -0.25) is 4.79 Å². The summed E-state index contributed by atoms with van der Waals surface area (Å²) in [5.74, 6) is 0.407. The van der Waals surface area contributed by atoms with E-state index in [4.69, 9.17) is 4.74 Å². The Kier molecular flexibility index (Phi) is 7.06. The Labute approximate surface area is 171 Å². The lowest BCUT2D eigenvalue weighted by Gasteiger charge is -2.09. The van der Waals surface area contributed by atoms with E-state index in [1.807, 2.05) is 19.2 Å². The highest BCUT2D eigenvalue weighted by Gasteiger charge is 2.30. The maximum absolute atomic E-state index is 12.6. The van der Waals surface area contributed by atoms with E-state index in [1.54, 1.807) is 24.3 Å². The molecule has 3 rings (SSSR count). The molecule has 1 amide bonds. The number of nitrogens with one attached hydrogen (secondary N) is 2. The molecule has 3 aromatic rings. The molecule has 0 fully saturated rings. The molecular weight excluding hydrogens is 407 g/mol. The normalized spacial score (nSPS) is 10.6. The molecular formula is C20H17ClF3N3O2. The molecule has 29 heavy (non-hydrogen) atoms. The molecule has 0 aliphatic heterocycles. The van der Waals surface area contributed by atoms with Gasteiger partial charge in [-0.2, -0.15) is 13.2 Å². The molecule has 2 N–H and O–H groups in total. The molecule has 0 bridgehead atoms. The topological polar surface area (TPSA) is 63.2 Å². The zero-order chi connectivity index (χ0) is 20.1. The minimum absolute atomic E-state index is 0. The van der Waals surface area contributed by atoms with Gasteiger partial charge in [-0.15, -0.1) is 12.4 Å². The van der Waals surface area contributed by atoms with Crippen LogP contribution in [0.1, 0.15) is 15.9 Å². The molecule has 0 spiro atoms. The van der Waals surface area contributed by atoms with Crippen LogP contribution in [-0.2, 0) is 6.18 Å². The van der Waals surface area contributed by atoms with Crippen LogP contribution < -0.4 is 15.4 Å². The number of ether oxygens (including phenoxy) is 1. The maximum atomic E-state index is 12.6. The van der Waals surface area contributed by atoms with Crippen molar-refractivity contribution in [1.82, 2.24) is 4.98 Å². The van der Waals surface area contributed by atoms with Gasteiger partial charge >= 0.3 is 6.18 Å². The Morgan fingerprint density at radius 1 is 0.931 bits per heavy atom. The highest BCUT2D eigenvalue weighted by Crippen LogP contribution is 2.29. The summed E-state index contributed by atoms with van der Waals surface area (Å²) in [5.41, 5.74) is 0.636. The quantitative estimate of drug-likeness (QED) is 0.560. The van der Waals surface area contributed by atoms with Crippen molar-refractivity contribution in [2.75, 3.05) is 17.7 Å². The SMILES string of the molecule is CNc1ccc(Oc2ccc(NC(=O)c3ccc(C(F)(F)F)cc3)cn2)cc1.Cl. The van der Waals surface area contributed by atoms with Crippen molar-refractivity contribution in [3.63, 3.8) is 0 Å². The third kappa shape index (κ3) is 5.86. The van der Waals surface area contributed by atoms with Crippen LogP contribution in [0.4, 0.5) is 24.5 Å². The molecule has 1 heterocycles. The monoisotopic (exact) mass is 423 g/mol. The van der Waals surface area contributed by atoms with E-state index >= 15 is 0 Å². The van der Waals surface area contributed by atoms with Crippen LogP contribution in [0.3, 0.4) is 0 Å². The fourth-order valence-corrected chi connectivity index (χ4v) is 2.34. The summed E-state index contributed by atoms with van der Waals surface area (Å²) in [5, 5.41) is 5.58. The molecule has 0 saturated carbocycles. The average Bonchev–Trinajstić information content (AvgIpc) is 2.69. The number of benzene rings is 2. The van der Waals surface area contributed by atoms with Gasteiger partial charge in [0.1, 0.15) is 5.75 Å². The summed E-state index contributed by atoms with van der Waals surface area (Å²) in [7, 11) is 1.81. The minimum atomic E-state index is -4.44. The van der Waals surface area contributed by atoms with Gasteiger partial charge in [0.2, 0.25) is 5.88 Å². The number of nitrogens with zero attached hydrogens (tertiary/aromatic N) is 1. The molecule has 0 aliphatic rings. The Hall–Kier alpha value is -3.26. The number of alkyl halides is 3. The lowest BCUT2D eigenvalue weighted by molar-refractivity contribution is -0.137. The molecule has 5 nitrogen and oxygen atoms in total. The summed E-state index contributed by atoms with van der Waals surface area (Å²) in [6.07, 6.45) is -3.04. The molecule has 152 valence electrons. The summed E-state index contributed by atoms with van der Waals surface area (Å²) in [6.45, 7) is 0. The van der Waals surface area contributed by atoms with Gasteiger partial charge in [-0.1, -0.05) is 0 Å². The Balaban J connectivity index is 0.00000300.